The third-order valence-corrected chi connectivity index (χ3v) is 4.05. The standard InChI is InChI=1S/C17H24N2O4/c1-11-4-3-5-12(6-11)7-13(17(22)23-2)9-19-16(21)15-8-14(20)10-18-15/h3-6,13-15,18,20H,7-10H2,1-2H3,(H,19,21). The highest BCUT2D eigenvalue weighted by atomic mass is 16.5. The van der Waals surface area contributed by atoms with Gasteiger partial charge in [-0.25, -0.2) is 0 Å². The number of hydrogen-bond donors (Lipinski definition) is 3. The summed E-state index contributed by atoms with van der Waals surface area (Å²) in [5, 5.41) is 15.2. The van der Waals surface area contributed by atoms with E-state index in [1.54, 1.807) is 0 Å². The number of β-amino-alcohol motifs (C(OH)–C–C–N with tert-alkyl or cyclic N) is 1. The number of carbonyl (C=O) groups is 2. The maximum Gasteiger partial charge on any atom is 0.310 e. The minimum atomic E-state index is -0.491. The molecule has 6 heteroatoms. The minimum absolute atomic E-state index is 0.195. The van der Waals surface area contributed by atoms with Gasteiger partial charge in [0.05, 0.1) is 25.2 Å². The molecule has 1 aliphatic heterocycles. The lowest BCUT2D eigenvalue weighted by Crippen LogP contribution is -2.43. The third-order valence-electron chi connectivity index (χ3n) is 4.05. The Hall–Kier alpha value is -1.92. The molecule has 23 heavy (non-hydrogen) atoms. The van der Waals surface area contributed by atoms with Gasteiger partial charge >= 0.3 is 5.97 Å². The van der Waals surface area contributed by atoms with Crippen LogP contribution in [0, 0.1) is 12.8 Å². The zero-order valence-electron chi connectivity index (χ0n) is 13.5. The number of methoxy groups -OCH3 is 1. The fraction of sp³-hybridized carbons (Fsp3) is 0.529. The van der Waals surface area contributed by atoms with Crippen LogP contribution < -0.4 is 10.6 Å². The van der Waals surface area contributed by atoms with Crippen LogP contribution in [-0.2, 0) is 20.7 Å². The van der Waals surface area contributed by atoms with Gasteiger partial charge in [-0.1, -0.05) is 29.8 Å². The topological polar surface area (TPSA) is 87.7 Å². The number of rotatable bonds is 6. The first-order valence-corrected chi connectivity index (χ1v) is 7.82. The molecule has 0 radical (unpaired) electrons. The Balaban J connectivity index is 1.93. The van der Waals surface area contributed by atoms with E-state index in [1.165, 1.54) is 7.11 Å². The van der Waals surface area contributed by atoms with Gasteiger partial charge in [0.2, 0.25) is 5.91 Å². The van der Waals surface area contributed by atoms with E-state index in [2.05, 4.69) is 10.6 Å². The highest BCUT2D eigenvalue weighted by Gasteiger charge is 2.29. The molecule has 1 fully saturated rings. The number of ether oxygens (including phenoxy) is 1. The summed E-state index contributed by atoms with van der Waals surface area (Å²) in [5.41, 5.74) is 2.16. The van der Waals surface area contributed by atoms with E-state index < -0.39 is 18.1 Å². The van der Waals surface area contributed by atoms with Gasteiger partial charge in [0.25, 0.3) is 0 Å². The highest BCUT2D eigenvalue weighted by molar-refractivity contribution is 5.83. The molecule has 0 aromatic heterocycles. The molecule has 2 rings (SSSR count). The van der Waals surface area contributed by atoms with E-state index in [0.29, 0.717) is 19.4 Å². The van der Waals surface area contributed by atoms with Crippen molar-refractivity contribution < 1.29 is 19.4 Å². The first kappa shape index (κ1) is 17.4. The van der Waals surface area contributed by atoms with Crippen LogP contribution in [0.25, 0.3) is 0 Å². The number of esters is 1. The summed E-state index contributed by atoms with van der Waals surface area (Å²) < 4.78 is 4.84. The average Bonchev–Trinajstić information content (AvgIpc) is 2.97. The largest absolute Gasteiger partial charge is 0.469 e. The number of aliphatic hydroxyl groups excluding tert-OH is 1. The van der Waals surface area contributed by atoms with Gasteiger partial charge in [0, 0.05) is 13.1 Å². The quantitative estimate of drug-likeness (QED) is 0.650. The van der Waals surface area contributed by atoms with Gasteiger partial charge in [0.15, 0.2) is 0 Å². The van der Waals surface area contributed by atoms with Gasteiger partial charge in [0.1, 0.15) is 0 Å². The second kappa shape index (κ2) is 8.08. The van der Waals surface area contributed by atoms with Crippen LogP contribution in [0.4, 0.5) is 0 Å². The lowest BCUT2D eigenvalue weighted by atomic mass is 9.98. The molecule has 126 valence electrons. The van der Waals surface area contributed by atoms with Crippen molar-refractivity contribution in [1.82, 2.24) is 10.6 Å². The number of aliphatic hydroxyl groups is 1. The molecule has 1 saturated heterocycles. The monoisotopic (exact) mass is 320 g/mol. The molecule has 1 aromatic carbocycles. The smallest absolute Gasteiger partial charge is 0.310 e. The number of nitrogens with one attached hydrogen (secondary N) is 2. The molecule has 1 amide bonds. The fourth-order valence-corrected chi connectivity index (χ4v) is 2.79. The molecule has 1 aromatic rings. The molecule has 1 aliphatic rings. The summed E-state index contributed by atoms with van der Waals surface area (Å²) in [7, 11) is 1.35. The molecule has 0 spiro atoms. The van der Waals surface area contributed by atoms with Crippen molar-refractivity contribution in [3.05, 3.63) is 35.4 Å². The molecule has 0 saturated carbocycles. The van der Waals surface area contributed by atoms with Crippen LogP contribution in [0.3, 0.4) is 0 Å². The van der Waals surface area contributed by atoms with Gasteiger partial charge in [-0.2, -0.15) is 0 Å². The summed E-state index contributed by atoms with van der Waals surface area (Å²) in [6, 6.07) is 7.52. The Bertz CT molecular complexity index is 561. The van der Waals surface area contributed by atoms with E-state index in [4.69, 9.17) is 4.74 Å². The molecule has 1 heterocycles. The van der Waals surface area contributed by atoms with Gasteiger partial charge < -0.3 is 20.5 Å². The number of carbonyl (C=O) groups excluding carboxylic acids is 2. The summed E-state index contributed by atoms with van der Waals surface area (Å²) in [6.45, 7) is 2.63. The van der Waals surface area contributed by atoms with Crippen LogP contribution in [0.1, 0.15) is 17.5 Å². The van der Waals surface area contributed by atoms with Gasteiger partial charge in [-0.05, 0) is 25.3 Å². The molecular weight excluding hydrogens is 296 g/mol. The van der Waals surface area contributed by atoms with Gasteiger partial charge in [-0.15, -0.1) is 0 Å². The average molecular weight is 320 g/mol. The fourth-order valence-electron chi connectivity index (χ4n) is 2.79. The maximum atomic E-state index is 12.1. The summed E-state index contributed by atoms with van der Waals surface area (Å²) in [5.74, 6) is -0.969. The molecule has 0 bridgehead atoms. The van der Waals surface area contributed by atoms with Crippen molar-refractivity contribution in [2.45, 2.75) is 31.9 Å². The second-order valence-electron chi connectivity index (χ2n) is 6.01. The molecular formula is C17H24N2O4. The van der Waals surface area contributed by atoms with E-state index in [0.717, 1.165) is 11.1 Å². The zero-order valence-corrected chi connectivity index (χ0v) is 13.5. The molecule has 3 unspecified atom stereocenters. The van der Waals surface area contributed by atoms with Gasteiger partial charge in [-0.3, -0.25) is 9.59 Å². The number of aryl methyl sites for hydroxylation is 1. The molecule has 0 aliphatic carbocycles. The van der Waals surface area contributed by atoms with E-state index in [1.807, 2.05) is 31.2 Å². The number of hydrogen-bond acceptors (Lipinski definition) is 5. The maximum absolute atomic E-state index is 12.1. The van der Waals surface area contributed by atoms with Crippen LogP contribution in [-0.4, -0.2) is 49.3 Å². The second-order valence-corrected chi connectivity index (χ2v) is 6.01. The van der Waals surface area contributed by atoms with Crippen LogP contribution in [0.5, 0.6) is 0 Å². The highest BCUT2D eigenvalue weighted by Crippen LogP contribution is 2.12. The van der Waals surface area contributed by atoms with Crippen molar-refractivity contribution in [1.29, 1.82) is 0 Å². The Labute approximate surface area is 136 Å². The summed E-state index contributed by atoms with van der Waals surface area (Å²) in [6.07, 6.45) is 0.413. The molecule has 6 nitrogen and oxygen atoms in total. The number of benzene rings is 1. The first-order chi connectivity index (χ1) is 11.0. The van der Waals surface area contributed by atoms with Crippen molar-refractivity contribution in [3.8, 4) is 0 Å². The first-order valence-electron chi connectivity index (χ1n) is 7.82. The summed E-state index contributed by atoms with van der Waals surface area (Å²) in [4.78, 5) is 24.0. The van der Waals surface area contributed by atoms with E-state index >= 15 is 0 Å². The lowest BCUT2D eigenvalue weighted by molar-refractivity contribution is -0.145. The normalized spacial score (nSPS) is 21.7. The van der Waals surface area contributed by atoms with Crippen molar-refractivity contribution >= 4 is 11.9 Å². The van der Waals surface area contributed by atoms with E-state index in [-0.39, 0.29) is 18.4 Å². The third kappa shape index (κ3) is 5.04. The Morgan fingerprint density at radius 1 is 1.48 bits per heavy atom. The van der Waals surface area contributed by atoms with Crippen LogP contribution in [0.2, 0.25) is 0 Å². The Kier molecular flexibility index (Phi) is 6.12. The minimum Gasteiger partial charge on any atom is -0.469 e. The summed E-state index contributed by atoms with van der Waals surface area (Å²) >= 11 is 0. The predicted molar refractivity (Wildman–Crippen MR) is 85.8 cm³/mol. The number of amides is 1. The van der Waals surface area contributed by atoms with Crippen molar-refractivity contribution in [3.63, 3.8) is 0 Å². The van der Waals surface area contributed by atoms with E-state index in [9.17, 15) is 14.7 Å². The molecule has 3 atom stereocenters. The van der Waals surface area contributed by atoms with Crippen molar-refractivity contribution in [2.75, 3.05) is 20.2 Å². The predicted octanol–water partition coefficient (Wildman–Crippen LogP) is 0.166. The zero-order chi connectivity index (χ0) is 16.8. The lowest BCUT2D eigenvalue weighted by Gasteiger charge is -2.17. The molecule has 3 N–H and O–H groups in total. The van der Waals surface area contributed by atoms with Crippen LogP contribution in [0.15, 0.2) is 24.3 Å². The SMILES string of the molecule is COC(=O)C(CNC(=O)C1CC(O)CN1)Cc1cccc(C)c1. The Morgan fingerprint density at radius 3 is 2.87 bits per heavy atom. The van der Waals surface area contributed by atoms with Crippen LogP contribution >= 0.6 is 0 Å². The van der Waals surface area contributed by atoms with Crippen molar-refractivity contribution in [2.24, 2.45) is 5.92 Å². The Morgan fingerprint density at radius 2 is 2.26 bits per heavy atom.